The summed E-state index contributed by atoms with van der Waals surface area (Å²) in [5, 5.41) is 7.12. The number of halogens is 1. The third-order valence-corrected chi connectivity index (χ3v) is 6.30. The van der Waals surface area contributed by atoms with Gasteiger partial charge in [-0.25, -0.2) is 0 Å². The third-order valence-electron chi connectivity index (χ3n) is 6.30. The summed E-state index contributed by atoms with van der Waals surface area (Å²) in [6.07, 6.45) is 5.09. The van der Waals surface area contributed by atoms with Crippen molar-refractivity contribution < 1.29 is 4.74 Å². The average molecular weight is 530 g/mol. The van der Waals surface area contributed by atoms with Crippen LogP contribution in [0.2, 0.25) is 0 Å². The molecule has 30 heavy (non-hydrogen) atoms. The maximum Gasteiger partial charge on any atom is 0.191 e. The summed E-state index contributed by atoms with van der Waals surface area (Å²) >= 11 is 0. The molecule has 0 amide bonds. The highest BCUT2D eigenvalue weighted by atomic mass is 127. The fourth-order valence-corrected chi connectivity index (χ4v) is 4.32. The highest BCUT2D eigenvalue weighted by Crippen LogP contribution is 2.24. The lowest BCUT2D eigenvalue weighted by Gasteiger charge is -2.32. The van der Waals surface area contributed by atoms with E-state index in [2.05, 4.69) is 56.6 Å². The molecule has 0 aromatic heterocycles. The molecule has 1 atom stereocenters. The van der Waals surface area contributed by atoms with E-state index in [1.54, 1.807) is 7.11 Å². The van der Waals surface area contributed by atoms with Crippen molar-refractivity contribution in [2.45, 2.75) is 38.6 Å². The van der Waals surface area contributed by atoms with Gasteiger partial charge in [-0.05, 0) is 69.3 Å². The van der Waals surface area contributed by atoms with Crippen LogP contribution in [0.5, 0.6) is 0 Å². The summed E-state index contributed by atoms with van der Waals surface area (Å²) in [6, 6.07) is 9.16. The van der Waals surface area contributed by atoms with Crippen molar-refractivity contribution >= 4 is 35.6 Å². The summed E-state index contributed by atoms with van der Waals surface area (Å²) < 4.78 is 5.19. The van der Waals surface area contributed by atoms with Crippen molar-refractivity contribution in [2.75, 3.05) is 64.9 Å². The number of anilines is 1. The Kier molecular flexibility index (Phi) is 11.2. The van der Waals surface area contributed by atoms with Crippen LogP contribution < -0.4 is 15.5 Å². The molecule has 2 aliphatic heterocycles. The minimum Gasteiger partial charge on any atom is -0.383 e. The number of aliphatic imine (C=N–C) groups is 1. The fraction of sp³-hybridized carbons (Fsp3) is 0.696. The average Bonchev–Trinajstić information content (AvgIpc) is 3.31. The Morgan fingerprint density at radius 2 is 1.93 bits per heavy atom. The summed E-state index contributed by atoms with van der Waals surface area (Å²) in [7, 11) is 3.63. The van der Waals surface area contributed by atoms with Crippen LogP contribution in [-0.4, -0.2) is 70.9 Å². The van der Waals surface area contributed by atoms with Crippen molar-refractivity contribution in [1.82, 2.24) is 15.5 Å². The van der Waals surface area contributed by atoms with E-state index < -0.39 is 0 Å². The molecule has 2 heterocycles. The summed E-state index contributed by atoms with van der Waals surface area (Å²) in [5.74, 6) is 1.60. The van der Waals surface area contributed by atoms with Crippen LogP contribution in [-0.2, 0) is 4.74 Å². The van der Waals surface area contributed by atoms with E-state index in [1.807, 2.05) is 7.05 Å². The van der Waals surface area contributed by atoms with Gasteiger partial charge in [-0.3, -0.25) is 4.99 Å². The molecule has 0 bridgehead atoms. The van der Waals surface area contributed by atoms with E-state index in [0.29, 0.717) is 5.92 Å². The van der Waals surface area contributed by atoms with Gasteiger partial charge in [0.15, 0.2) is 5.96 Å². The maximum atomic E-state index is 5.19. The van der Waals surface area contributed by atoms with Crippen LogP contribution in [0.25, 0.3) is 0 Å². The first-order chi connectivity index (χ1) is 14.2. The molecule has 3 rings (SSSR count). The van der Waals surface area contributed by atoms with Crippen LogP contribution in [0, 0.1) is 5.92 Å². The summed E-state index contributed by atoms with van der Waals surface area (Å²) in [5.41, 5.74) is 2.65. The van der Waals surface area contributed by atoms with Crippen molar-refractivity contribution in [2.24, 2.45) is 10.9 Å². The van der Waals surface area contributed by atoms with Crippen molar-refractivity contribution in [3.63, 3.8) is 0 Å². The molecule has 1 aromatic rings. The topological polar surface area (TPSA) is 52.1 Å². The molecule has 2 N–H and O–H groups in total. The van der Waals surface area contributed by atoms with Gasteiger partial charge in [0.2, 0.25) is 0 Å². The second kappa shape index (κ2) is 13.4. The molecule has 1 aromatic carbocycles. The minimum atomic E-state index is 0. The fourth-order valence-electron chi connectivity index (χ4n) is 4.32. The van der Waals surface area contributed by atoms with Crippen LogP contribution >= 0.6 is 24.0 Å². The van der Waals surface area contributed by atoms with E-state index in [9.17, 15) is 0 Å². The first kappa shape index (κ1) is 25.2. The normalized spacial score (nSPS) is 19.4. The summed E-state index contributed by atoms with van der Waals surface area (Å²) in [6.45, 7) is 9.77. The standard InChI is InChI=1S/C23H39N5O.HI/c1-19(21-7-6-8-22(17-21)28-11-4-5-12-28)26-23(24-2)25-18-20-9-13-27(14-10-20)15-16-29-3;/h6-8,17,19-20H,4-5,9-16,18H2,1-3H3,(H2,24,25,26);1H. The predicted octanol–water partition coefficient (Wildman–Crippen LogP) is 3.49. The molecule has 0 aliphatic carbocycles. The predicted molar refractivity (Wildman–Crippen MR) is 137 cm³/mol. The number of nitrogens with zero attached hydrogens (tertiary/aromatic N) is 3. The molecule has 2 fully saturated rings. The van der Waals surface area contributed by atoms with Crippen molar-refractivity contribution in [3.8, 4) is 0 Å². The highest BCUT2D eigenvalue weighted by molar-refractivity contribution is 14.0. The van der Waals surface area contributed by atoms with E-state index in [1.165, 1.54) is 63.1 Å². The number of piperidine rings is 1. The van der Waals surface area contributed by atoms with E-state index in [0.717, 1.165) is 25.7 Å². The Morgan fingerprint density at radius 1 is 1.20 bits per heavy atom. The Bertz CT molecular complexity index is 642. The van der Waals surface area contributed by atoms with Gasteiger partial charge in [0.1, 0.15) is 0 Å². The quantitative estimate of drug-likeness (QED) is 0.307. The maximum absolute atomic E-state index is 5.19. The largest absolute Gasteiger partial charge is 0.383 e. The van der Waals surface area contributed by atoms with Gasteiger partial charge in [0.05, 0.1) is 12.6 Å². The van der Waals surface area contributed by atoms with Crippen LogP contribution in [0.3, 0.4) is 0 Å². The zero-order chi connectivity index (χ0) is 20.5. The molecule has 170 valence electrons. The van der Waals surface area contributed by atoms with Crippen LogP contribution in [0.15, 0.2) is 29.3 Å². The molecule has 0 spiro atoms. The molecule has 1 unspecified atom stereocenters. The van der Waals surface area contributed by atoms with Gasteiger partial charge >= 0.3 is 0 Å². The van der Waals surface area contributed by atoms with Crippen molar-refractivity contribution in [1.29, 1.82) is 0 Å². The number of likely N-dealkylation sites (tertiary alicyclic amines) is 1. The number of hydrogen-bond acceptors (Lipinski definition) is 4. The number of rotatable bonds is 8. The first-order valence-electron chi connectivity index (χ1n) is 11.2. The van der Waals surface area contributed by atoms with Gasteiger partial charge in [-0.1, -0.05) is 12.1 Å². The van der Waals surface area contributed by atoms with E-state index in [4.69, 9.17) is 4.74 Å². The van der Waals surface area contributed by atoms with E-state index >= 15 is 0 Å². The highest BCUT2D eigenvalue weighted by Gasteiger charge is 2.19. The van der Waals surface area contributed by atoms with E-state index in [-0.39, 0.29) is 30.0 Å². The second-order valence-corrected chi connectivity index (χ2v) is 8.39. The third kappa shape index (κ3) is 7.57. The molecule has 2 saturated heterocycles. The summed E-state index contributed by atoms with van der Waals surface area (Å²) in [4.78, 5) is 9.44. The zero-order valence-corrected chi connectivity index (χ0v) is 21.2. The smallest absolute Gasteiger partial charge is 0.191 e. The molecule has 0 saturated carbocycles. The van der Waals surface area contributed by atoms with Crippen molar-refractivity contribution in [3.05, 3.63) is 29.8 Å². The Morgan fingerprint density at radius 3 is 2.60 bits per heavy atom. The molecule has 2 aliphatic rings. The van der Waals surface area contributed by atoms with Gasteiger partial charge in [-0.15, -0.1) is 24.0 Å². The number of benzene rings is 1. The molecule has 6 nitrogen and oxygen atoms in total. The lowest BCUT2D eigenvalue weighted by atomic mass is 9.97. The number of methoxy groups -OCH3 is 1. The lowest BCUT2D eigenvalue weighted by molar-refractivity contribution is 0.121. The Hall–Kier alpha value is -1.06. The molecular formula is C23H40IN5O. The van der Waals surface area contributed by atoms with Gasteiger partial charge < -0.3 is 25.2 Å². The second-order valence-electron chi connectivity index (χ2n) is 8.39. The Balaban J connectivity index is 0.00000320. The monoisotopic (exact) mass is 529 g/mol. The van der Waals surface area contributed by atoms with Crippen LogP contribution in [0.4, 0.5) is 5.69 Å². The van der Waals surface area contributed by atoms with Gasteiger partial charge in [0.25, 0.3) is 0 Å². The Labute approximate surface area is 199 Å². The minimum absolute atomic E-state index is 0. The lowest BCUT2D eigenvalue weighted by Crippen LogP contribution is -2.43. The SMILES string of the molecule is CN=C(NCC1CCN(CCOC)CC1)NC(C)c1cccc(N2CCCC2)c1.I. The molecule has 7 heteroatoms. The zero-order valence-electron chi connectivity index (χ0n) is 18.9. The van der Waals surface area contributed by atoms with Gasteiger partial charge in [0, 0.05) is 46.0 Å². The number of guanidine groups is 1. The molecule has 0 radical (unpaired) electrons. The van der Waals surface area contributed by atoms with Crippen LogP contribution in [0.1, 0.15) is 44.2 Å². The molecular weight excluding hydrogens is 489 g/mol. The number of hydrogen-bond donors (Lipinski definition) is 2. The van der Waals surface area contributed by atoms with Gasteiger partial charge in [-0.2, -0.15) is 0 Å². The number of ether oxygens (including phenoxy) is 1. The number of nitrogens with one attached hydrogen (secondary N) is 2. The first-order valence-corrected chi connectivity index (χ1v) is 11.2.